The van der Waals surface area contributed by atoms with Crippen LogP contribution in [0, 0.1) is 0 Å². The fourth-order valence-electron chi connectivity index (χ4n) is 2.35. The molecule has 22 heavy (non-hydrogen) atoms. The van der Waals surface area contributed by atoms with Crippen molar-refractivity contribution < 1.29 is 10.3 Å². The Morgan fingerprint density at radius 3 is 2.55 bits per heavy atom. The largest absolute Gasteiger partial charge is 0.379 e. The lowest BCUT2D eigenvalue weighted by atomic mass is 10.1. The third-order valence-electron chi connectivity index (χ3n) is 3.57. The number of hydroxylamine groups is 1. The molecule has 112 valence electrons. The normalized spacial score (nSPS) is 12.3. The molecule has 1 atom stereocenters. The van der Waals surface area contributed by atoms with Crippen LogP contribution in [0.25, 0.3) is 10.8 Å². The number of fused-ring (bicyclic) bond motifs is 1. The molecule has 0 saturated heterocycles. The maximum Gasteiger partial charge on any atom is 0.152 e. The summed E-state index contributed by atoms with van der Waals surface area (Å²) >= 11 is 0. The van der Waals surface area contributed by atoms with Crippen molar-refractivity contribution in [1.82, 2.24) is 10.5 Å². The fourth-order valence-corrected chi connectivity index (χ4v) is 2.35. The lowest BCUT2D eigenvalue weighted by Crippen LogP contribution is -2.15. The standard InChI is InChI=1S/C17H17N3O2/c21-17(20-22)13-7-5-12(6-8-13)9-19-16-11-18-10-14-3-1-2-4-15(14)16/h1-8,10-11,17,19-22H,9H2. The van der Waals surface area contributed by atoms with Crippen LogP contribution in [0.2, 0.25) is 0 Å². The third kappa shape index (κ3) is 3.07. The van der Waals surface area contributed by atoms with E-state index in [9.17, 15) is 5.11 Å². The number of nitrogens with one attached hydrogen (secondary N) is 2. The monoisotopic (exact) mass is 295 g/mol. The summed E-state index contributed by atoms with van der Waals surface area (Å²) < 4.78 is 0. The van der Waals surface area contributed by atoms with Gasteiger partial charge in [0, 0.05) is 23.5 Å². The Hall–Kier alpha value is -2.47. The van der Waals surface area contributed by atoms with Crippen LogP contribution in [0.4, 0.5) is 5.69 Å². The van der Waals surface area contributed by atoms with Crippen molar-refractivity contribution in [3.63, 3.8) is 0 Å². The quantitative estimate of drug-likeness (QED) is 0.430. The molecule has 0 radical (unpaired) electrons. The second-order valence-electron chi connectivity index (χ2n) is 5.03. The van der Waals surface area contributed by atoms with Gasteiger partial charge in [-0.05, 0) is 11.1 Å². The molecule has 4 N–H and O–H groups in total. The zero-order chi connectivity index (χ0) is 15.4. The van der Waals surface area contributed by atoms with Gasteiger partial charge in [-0.1, -0.05) is 48.5 Å². The molecule has 0 amide bonds. The lowest BCUT2D eigenvalue weighted by molar-refractivity contribution is 0.000693. The smallest absolute Gasteiger partial charge is 0.152 e. The minimum Gasteiger partial charge on any atom is -0.379 e. The van der Waals surface area contributed by atoms with E-state index in [4.69, 9.17) is 5.21 Å². The number of aromatic nitrogens is 1. The molecule has 3 rings (SSSR count). The summed E-state index contributed by atoms with van der Waals surface area (Å²) in [6.07, 6.45) is 2.60. The molecule has 1 unspecified atom stereocenters. The van der Waals surface area contributed by atoms with E-state index in [-0.39, 0.29) is 0 Å². The van der Waals surface area contributed by atoms with Gasteiger partial charge >= 0.3 is 0 Å². The first-order valence-corrected chi connectivity index (χ1v) is 7.01. The van der Waals surface area contributed by atoms with Gasteiger partial charge in [-0.15, -0.1) is 0 Å². The number of nitrogens with zero attached hydrogens (tertiary/aromatic N) is 1. The van der Waals surface area contributed by atoms with Gasteiger partial charge < -0.3 is 15.6 Å². The molecule has 1 aromatic heterocycles. The van der Waals surface area contributed by atoms with E-state index in [1.807, 2.05) is 48.2 Å². The van der Waals surface area contributed by atoms with Crippen molar-refractivity contribution in [3.8, 4) is 0 Å². The van der Waals surface area contributed by atoms with Gasteiger partial charge in [-0.2, -0.15) is 5.48 Å². The predicted octanol–water partition coefficient (Wildman–Crippen LogP) is 2.82. The number of aliphatic hydroxyl groups is 1. The second kappa shape index (κ2) is 6.53. The van der Waals surface area contributed by atoms with E-state index in [1.165, 1.54) is 0 Å². The Labute approximate surface area is 128 Å². The van der Waals surface area contributed by atoms with Crippen molar-refractivity contribution in [3.05, 3.63) is 72.1 Å². The molecule has 0 bridgehead atoms. The van der Waals surface area contributed by atoms with Crippen LogP contribution in [-0.4, -0.2) is 15.3 Å². The molecule has 0 spiro atoms. The molecule has 5 nitrogen and oxygen atoms in total. The molecule has 0 aliphatic carbocycles. The van der Waals surface area contributed by atoms with Gasteiger partial charge in [0.25, 0.3) is 0 Å². The maximum atomic E-state index is 9.46. The van der Waals surface area contributed by atoms with Crippen molar-refractivity contribution in [2.24, 2.45) is 0 Å². The number of anilines is 1. The number of benzene rings is 2. The number of rotatable bonds is 5. The summed E-state index contributed by atoms with van der Waals surface area (Å²) in [5.74, 6) is 0. The van der Waals surface area contributed by atoms with Gasteiger partial charge in [0.05, 0.1) is 11.9 Å². The van der Waals surface area contributed by atoms with Crippen molar-refractivity contribution in [1.29, 1.82) is 0 Å². The van der Waals surface area contributed by atoms with E-state index in [0.717, 1.165) is 22.0 Å². The molecular formula is C17H17N3O2. The molecule has 3 aromatic rings. The van der Waals surface area contributed by atoms with Crippen LogP contribution in [0.3, 0.4) is 0 Å². The second-order valence-corrected chi connectivity index (χ2v) is 5.03. The van der Waals surface area contributed by atoms with E-state index in [2.05, 4.69) is 16.4 Å². The van der Waals surface area contributed by atoms with Crippen LogP contribution >= 0.6 is 0 Å². The zero-order valence-electron chi connectivity index (χ0n) is 11.9. The topological polar surface area (TPSA) is 77.4 Å². The van der Waals surface area contributed by atoms with E-state index >= 15 is 0 Å². The summed E-state index contributed by atoms with van der Waals surface area (Å²) in [7, 11) is 0. The molecule has 2 aromatic carbocycles. The van der Waals surface area contributed by atoms with Crippen molar-refractivity contribution in [2.75, 3.05) is 5.32 Å². The molecule has 5 heteroatoms. The Morgan fingerprint density at radius 2 is 1.77 bits per heavy atom. The minimum absolute atomic E-state index is 0.609. The molecule has 1 heterocycles. The number of pyridine rings is 1. The highest BCUT2D eigenvalue weighted by molar-refractivity contribution is 5.92. The maximum absolute atomic E-state index is 9.46. The van der Waals surface area contributed by atoms with Gasteiger partial charge in [0.1, 0.15) is 0 Å². The summed E-state index contributed by atoms with van der Waals surface area (Å²) in [5.41, 5.74) is 4.48. The van der Waals surface area contributed by atoms with E-state index in [0.29, 0.717) is 12.1 Å². The van der Waals surface area contributed by atoms with Crippen LogP contribution in [0.15, 0.2) is 60.9 Å². The molecule has 0 aliphatic rings. The summed E-state index contributed by atoms with van der Waals surface area (Å²) in [4.78, 5) is 4.24. The fraction of sp³-hybridized carbons (Fsp3) is 0.118. The van der Waals surface area contributed by atoms with Crippen LogP contribution in [0.1, 0.15) is 17.4 Å². The first-order chi connectivity index (χ1) is 10.8. The number of aliphatic hydroxyl groups excluding tert-OH is 1. The SMILES string of the molecule is ONC(O)c1ccc(CNc2cncc3ccccc23)cc1. The molecule has 0 aliphatic heterocycles. The number of hydrogen-bond acceptors (Lipinski definition) is 5. The predicted molar refractivity (Wildman–Crippen MR) is 85.4 cm³/mol. The van der Waals surface area contributed by atoms with Gasteiger partial charge in [0.2, 0.25) is 0 Å². The molecular weight excluding hydrogens is 278 g/mol. The Bertz CT molecular complexity index is 754. The highest BCUT2D eigenvalue weighted by Crippen LogP contribution is 2.22. The minimum atomic E-state index is -1.07. The first kappa shape index (κ1) is 14.5. The summed E-state index contributed by atoms with van der Waals surface area (Å²) in [6.45, 7) is 0.651. The molecule has 0 saturated carbocycles. The van der Waals surface area contributed by atoms with Crippen molar-refractivity contribution >= 4 is 16.5 Å². The average molecular weight is 295 g/mol. The number of hydrogen-bond donors (Lipinski definition) is 4. The third-order valence-corrected chi connectivity index (χ3v) is 3.57. The highest BCUT2D eigenvalue weighted by Gasteiger charge is 2.05. The Balaban J connectivity index is 1.74. The van der Waals surface area contributed by atoms with E-state index < -0.39 is 6.23 Å². The zero-order valence-corrected chi connectivity index (χ0v) is 11.9. The Morgan fingerprint density at radius 1 is 1.00 bits per heavy atom. The van der Waals surface area contributed by atoms with Gasteiger partial charge in [0.15, 0.2) is 6.23 Å². The first-order valence-electron chi connectivity index (χ1n) is 7.01. The van der Waals surface area contributed by atoms with Gasteiger partial charge in [-0.3, -0.25) is 4.98 Å². The van der Waals surface area contributed by atoms with Crippen LogP contribution in [-0.2, 0) is 6.54 Å². The van der Waals surface area contributed by atoms with Crippen LogP contribution in [0.5, 0.6) is 0 Å². The average Bonchev–Trinajstić information content (AvgIpc) is 2.59. The Kier molecular flexibility index (Phi) is 4.29. The molecule has 0 fully saturated rings. The summed E-state index contributed by atoms with van der Waals surface area (Å²) in [6, 6.07) is 15.4. The summed E-state index contributed by atoms with van der Waals surface area (Å²) in [5, 5.41) is 23.8. The highest BCUT2D eigenvalue weighted by atomic mass is 16.5. The van der Waals surface area contributed by atoms with Crippen molar-refractivity contribution in [2.45, 2.75) is 12.8 Å². The lowest BCUT2D eigenvalue weighted by Gasteiger charge is -2.11. The van der Waals surface area contributed by atoms with Gasteiger partial charge in [-0.25, -0.2) is 0 Å². The van der Waals surface area contributed by atoms with Crippen LogP contribution < -0.4 is 10.8 Å². The van der Waals surface area contributed by atoms with E-state index in [1.54, 1.807) is 12.1 Å².